The largest absolute Gasteiger partial charge is 0.431 e. The smallest absolute Gasteiger partial charge is 0.368 e. The van der Waals surface area contributed by atoms with Gasteiger partial charge in [-0.2, -0.15) is 18.4 Å². The standard InChI is InChI=1S/C10H7F3N2O3S/c11-10(12,13)9(16,5-14)6-19-8-3-1-7(2-4-8)15(17)18/h1-4,16H,6H2. The lowest BCUT2D eigenvalue weighted by molar-refractivity contribution is -0.384. The average Bonchev–Trinajstić information content (AvgIpc) is 2.35. The Balaban J connectivity index is 2.77. The van der Waals surface area contributed by atoms with E-state index in [4.69, 9.17) is 10.4 Å². The molecular weight excluding hydrogens is 285 g/mol. The molecule has 1 rings (SSSR count). The monoisotopic (exact) mass is 292 g/mol. The van der Waals surface area contributed by atoms with Gasteiger partial charge < -0.3 is 5.11 Å². The summed E-state index contributed by atoms with van der Waals surface area (Å²) in [6, 6.07) is 5.57. The normalized spacial score (nSPS) is 14.5. The minimum absolute atomic E-state index is 0.198. The second-order valence-corrected chi connectivity index (χ2v) is 4.56. The zero-order chi connectivity index (χ0) is 14.7. The Labute approximate surface area is 109 Å². The van der Waals surface area contributed by atoms with E-state index < -0.39 is 22.5 Å². The van der Waals surface area contributed by atoms with Crippen LogP contribution in [0.5, 0.6) is 0 Å². The number of hydrogen-bond donors (Lipinski definition) is 1. The lowest BCUT2D eigenvalue weighted by Crippen LogP contribution is -2.46. The van der Waals surface area contributed by atoms with E-state index >= 15 is 0 Å². The summed E-state index contributed by atoms with van der Waals surface area (Å²) in [5.41, 5.74) is -3.64. The highest BCUT2D eigenvalue weighted by Crippen LogP contribution is 2.35. The third kappa shape index (κ3) is 3.59. The molecule has 102 valence electrons. The van der Waals surface area contributed by atoms with Gasteiger partial charge in [0, 0.05) is 22.8 Å². The molecule has 1 unspecified atom stereocenters. The van der Waals surface area contributed by atoms with Crippen LogP contribution < -0.4 is 0 Å². The molecule has 0 aliphatic heterocycles. The molecule has 9 heteroatoms. The van der Waals surface area contributed by atoms with Crippen molar-refractivity contribution >= 4 is 17.4 Å². The van der Waals surface area contributed by atoms with Crippen LogP contribution in [-0.2, 0) is 0 Å². The molecule has 0 aliphatic carbocycles. The molecule has 0 spiro atoms. The second kappa shape index (κ2) is 5.46. The average molecular weight is 292 g/mol. The molecule has 0 fully saturated rings. The van der Waals surface area contributed by atoms with Gasteiger partial charge in [0.15, 0.2) is 0 Å². The minimum Gasteiger partial charge on any atom is -0.368 e. The van der Waals surface area contributed by atoms with Crippen LogP contribution in [-0.4, -0.2) is 27.6 Å². The summed E-state index contributed by atoms with van der Waals surface area (Å²) in [6.45, 7) is 0. The number of halogens is 3. The molecule has 1 aromatic rings. The van der Waals surface area contributed by atoms with E-state index in [-0.39, 0.29) is 10.6 Å². The van der Waals surface area contributed by atoms with E-state index in [1.807, 2.05) is 0 Å². The summed E-state index contributed by atoms with van der Waals surface area (Å²) in [5, 5.41) is 27.9. The molecule has 0 heterocycles. The first-order valence-corrected chi connectivity index (χ1v) is 5.76. The number of nitro benzene ring substituents is 1. The van der Waals surface area contributed by atoms with Crippen molar-refractivity contribution in [3.8, 4) is 6.07 Å². The third-order valence-corrected chi connectivity index (χ3v) is 3.32. The first kappa shape index (κ1) is 15.3. The Morgan fingerprint density at radius 1 is 1.37 bits per heavy atom. The van der Waals surface area contributed by atoms with E-state index in [0.29, 0.717) is 11.8 Å². The van der Waals surface area contributed by atoms with Gasteiger partial charge in [-0.05, 0) is 12.1 Å². The predicted molar refractivity (Wildman–Crippen MR) is 60.4 cm³/mol. The van der Waals surface area contributed by atoms with E-state index in [1.54, 1.807) is 0 Å². The number of nitrogens with zero attached hydrogens (tertiary/aromatic N) is 2. The van der Waals surface area contributed by atoms with Gasteiger partial charge in [-0.1, -0.05) is 0 Å². The lowest BCUT2D eigenvalue weighted by Gasteiger charge is -2.22. The first-order chi connectivity index (χ1) is 8.69. The highest BCUT2D eigenvalue weighted by atomic mass is 32.2. The van der Waals surface area contributed by atoms with Gasteiger partial charge >= 0.3 is 6.18 Å². The third-order valence-electron chi connectivity index (χ3n) is 2.15. The number of alkyl halides is 3. The molecule has 0 radical (unpaired) electrons. The van der Waals surface area contributed by atoms with Crippen LogP contribution in [0.4, 0.5) is 18.9 Å². The summed E-state index contributed by atoms with van der Waals surface area (Å²) >= 11 is 0.584. The Hall–Kier alpha value is -1.79. The van der Waals surface area contributed by atoms with Crippen LogP contribution in [0.25, 0.3) is 0 Å². The topological polar surface area (TPSA) is 87.2 Å². The van der Waals surface area contributed by atoms with Crippen LogP contribution in [0.1, 0.15) is 0 Å². The predicted octanol–water partition coefficient (Wildman–Crippen LogP) is 2.50. The summed E-state index contributed by atoms with van der Waals surface area (Å²) in [6.07, 6.45) is -5.06. The highest BCUT2D eigenvalue weighted by molar-refractivity contribution is 7.99. The van der Waals surface area contributed by atoms with E-state index in [9.17, 15) is 23.3 Å². The number of non-ortho nitro benzene ring substituents is 1. The number of aliphatic hydroxyl groups is 1. The number of thioether (sulfide) groups is 1. The van der Waals surface area contributed by atoms with Crippen molar-refractivity contribution in [3.63, 3.8) is 0 Å². The molecule has 0 aliphatic rings. The van der Waals surface area contributed by atoms with E-state index in [0.717, 1.165) is 18.2 Å². The van der Waals surface area contributed by atoms with Gasteiger partial charge in [0.05, 0.1) is 4.92 Å². The number of benzene rings is 1. The van der Waals surface area contributed by atoms with Crippen molar-refractivity contribution < 1.29 is 23.2 Å². The van der Waals surface area contributed by atoms with Crippen molar-refractivity contribution in [2.45, 2.75) is 16.7 Å². The summed E-state index contributed by atoms with van der Waals surface area (Å²) in [5.74, 6) is -0.912. The molecule has 19 heavy (non-hydrogen) atoms. The number of hydrogen-bond acceptors (Lipinski definition) is 5. The lowest BCUT2D eigenvalue weighted by atomic mass is 10.1. The maximum absolute atomic E-state index is 12.4. The quantitative estimate of drug-likeness (QED) is 0.399. The number of nitriles is 1. The molecule has 0 saturated carbocycles. The number of nitro groups is 1. The molecule has 1 N–H and O–H groups in total. The molecule has 1 aromatic carbocycles. The highest BCUT2D eigenvalue weighted by Gasteiger charge is 2.54. The number of rotatable bonds is 4. The van der Waals surface area contributed by atoms with Gasteiger partial charge in [0.25, 0.3) is 11.3 Å². The summed E-state index contributed by atoms with van der Waals surface area (Å²) < 4.78 is 37.2. The fourth-order valence-electron chi connectivity index (χ4n) is 1.03. The fraction of sp³-hybridized carbons (Fsp3) is 0.300. The molecule has 1 atom stereocenters. The SMILES string of the molecule is N#CC(O)(CSc1ccc([N+](=O)[O-])cc1)C(F)(F)F. The van der Waals surface area contributed by atoms with Gasteiger partial charge in [-0.3, -0.25) is 10.1 Å². The second-order valence-electron chi connectivity index (χ2n) is 3.51. The Kier molecular flexibility index (Phi) is 4.39. The van der Waals surface area contributed by atoms with Crippen molar-refractivity contribution in [3.05, 3.63) is 34.4 Å². The Morgan fingerprint density at radius 3 is 2.26 bits per heavy atom. The van der Waals surface area contributed by atoms with Crippen LogP contribution in [0, 0.1) is 21.4 Å². The molecular formula is C10H7F3N2O3S. The van der Waals surface area contributed by atoms with Gasteiger partial charge in [-0.25, -0.2) is 0 Å². The van der Waals surface area contributed by atoms with Gasteiger partial charge in [0.1, 0.15) is 6.07 Å². The maximum atomic E-state index is 12.4. The molecule has 0 amide bonds. The van der Waals surface area contributed by atoms with Crippen LogP contribution in [0.15, 0.2) is 29.2 Å². The van der Waals surface area contributed by atoms with Crippen LogP contribution >= 0.6 is 11.8 Å². The van der Waals surface area contributed by atoms with Crippen LogP contribution in [0.2, 0.25) is 0 Å². The molecule has 0 aromatic heterocycles. The zero-order valence-corrected chi connectivity index (χ0v) is 10.0. The summed E-state index contributed by atoms with van der Waals surface area (Å²) in [7, 11) is 0. The van der Waals surface area contributed by atoms with Gasteiger partial charge in [-0.15, -0.1) is 11.8 Å². The minimum atomic E-state index is -5.06. The van der Waals surface area contributed by atoms with Crippen molar-refractivity contribution in [1.29, 1.82) is 5.26 Å². The Bertz CT molecular complexity index is 512. The maximum Gasteiger partial charge on any atom is 0.431 e. The van der Waals surface area contributed by atoms with Gasteiger partial charge in [0.2, 0.25) is 0 Å². The summed E-state index contributed by atoms with van der Waals surface area (Å²) in [4.78, 5) is 10.0. The fourth-order valence-corrected chi connectivity index (χ4v) is 1.96. The molecule has 0 saturated heterocycles. The van der Waals surface area contributed by atoms with Crippen LogP contribution in [0.3, 0.4) is 0 Å². The molecule has 5 nitrogen and oxygen atoms in total. The van der Waals surface area contributed by atoms with E-state index in [1.165, 1.54) is 12.1 Å². The van der Waals surface area contributed by atoms with Crippen molar-refractivity contribution in [2.24, 2.45) is 0 Å². The van der Waals surface area contributed by atoms with Crippen molar-refractivity contribution in [2.75, 3.05) is 5.75 Å². The Morgan fingerprint density at radius 2 is 1.89 bits per heavy atom. The molecule has 0 bridgehead atoms. The van der Waals surface area contributed by atoms with Crippen molar-refractivity contribution in [1.82, 2.24) is 0 Å². The first-order valence-electron chi connectivity index (χ1n) is 4.77. The zero-order valence-electron chi connectivity index (χ0n) is 9.22. The van der Waals surface area contributed by atoms with E-state index in [2.05, 4.69) is 0 Å².